The molecule has 0 aliphatic carbocycles. The first kappa shape index (κ1) is 14.5. The van der Waals surface area contributed by atoms with Crippen LogP contribution < -0.4 is 10.9 Å². The molecule has 0 atom stereocenters. The van der Waals surface area contributed by atoms with E-state index in [4.69, 9.17) is 10.8 Å². The average molecular weight is 228 g/mol. The minimum absolute atomic E-state index is 0.293. The van der Waals surface area contributed by atoms with Gasteiger partial charge < -0.3 is 9.80 Å². The van der Waals surface area contributed by atoms with E-state index in [2.05, 4.69) is 10.9 Å². The largest absolute Gasteiger partial charge is 0.342 e. The van der Waals surface area contributed by atoms with Crippen molar-refractivity contribution in [1.82, 2.24) is 20.7 Å². The van der Waals surface area contributed by atoms with E-state index in [1.807, 2.05) is 37.5 Å². The Bertz CT molecular complexity index is 195. The van der Waals surface area contributed by atoms with Gasteiger partial charge in [0.2, 0.25) is 11.9 Å². The lowest BCUT2D eigenvalue weighted by Crippen LogP contribution is -2.53. The molecule has 16 heavy (non-hydrogen) atoms. The van der Waals surface area contributed by atoms with Crippen molar-refractivity contribution in [3.8, 4) is 0 Å². The highest BCUT2D eigenvalue weighted by Crippen LogP contribution is 1.87. The normalized spacial score (nSPS) is 9.50. The molecule has 0 fully saturated rings. The van der Waals surface area contributed by atoms with Crippen LogP contribution in [0.15, 0.2) is 0 Å². The van der Waals surface area contributed by atoms with Crippen LogP contribution in [0, 0.1) is 10.8 Å². The lowest BCUT2D eigenvalue weighted by molar-refractivity contribution is 0.418. The fraction of sp³-hybridized carbons (Fsp3) is 0.800. The van der Waals surface area contributed by atoms with Gasteiger partial charge in [-0.25, -0.2) is 0 Å². The van der Waals surface area contributed by atoms with Gasteiger partial charge >= 0.3 is 0 Å². The third-order valence-electron chi connectivity index (χ3n) is 2.46. The molecule has 0 bridgehead atoms. The zero-order valence-corrected chi connectivity index (χ0v) is 10.7. The van der Waals surface area contributed by atoms with Crippen molar-refractivity contribution in [3.63, 3.8) is 0 Å². The van der Waals surface area contributed by atoms with Crippen molar-refractivity contribution in [2.75, 3.05) is 26.2 Å². The predicted octanol–water partition coefficient (Wildman–Crippen LogP) is 0.634. The summed E-state index contributed by atoms with van der Waals surface area (Å²) in [5, 5.41) is 15.5. The number of hydrazine groups is 1. The molecule has 0 unspecified atom stereocenters. The molecule has 6 heteroatoms. The summed E-state index contributed by atoms with van der Waals surface area (Å²) < 4.78 is 0. The number of guanidine groups is 2. The topological polar surface area (TPSA) is 78.2 Å². The highest BCUT2D eigenvalue weighted by atomic mass is 15.5. The van der Waals surface area contributed by atoms with Gasteiger partial charge in [-0.3, -0.25) is 21.7 Å². The first-order valence-corrected chi connectivity index (χ1v) is 5.79. The van der Waals surface area contributed by atoms with Crippen LogP contribution in [0.2, 0.25) is 0 Å². The van der Waals surface area contributed by atoms with E-state index in [1.165, 1.54) is 0 Å². The van der Waals surface area contributed by atoms with E-state index in [0.29, 0.717) is 11.9 Å². The summed E-state index contributed by atoms with van der Waals surface area (Å²) in [6.07, 6.45) is 0. The van der Waals surface area contributed by atoms with Gasteiger partial charge in [0.1, 0.15) is 0 Å². The van der Waals surface area contributed by atoms with E-state index in [9.17, 15) is 0 Å². The summed E-state index contributed by atoms with van der Waals surface area (Å²) in [6, 6.07) is 0. The Morgan fingerprint density at radius 1 is 0.750 bits per heavy atom. The zero-order valence-electron chi connectivity index (χ0n) is 10.7. The summed E-state index contributed by atoms with van der Waals surface area (Å²) in [5.74, 6) is 0.587. The second-order valence-electron chi connectivity index (χ2n) is 3.29. The fourth-order valence-electron chi connectivity index (χ4n) is 1.36. The Morgan fingerprint density at radius 2 is 1.00 bits per heavy atom. The number of nitrogens with one attached hydrogen (secondary N) is 4. The molecule has 0 spiro atoms. The van der Waals surface area contributed by atoms with Crippen molar-refractivity contribution in [2.45, 2.75) is 27.7 Å². The maximum atomic E-state index is 7.73. The molecule has 0 amide bonds. The van der Waals surface area contributed by atoms with Crippen molar-refractivity contribution in [1.29, 1.82) is 10.8 Å². The molecule has 4 N–H and O–H groups in total. The molecule has 94 valence electrons. The van der Waals surface area contributed by atoms with E-state index < -0.39 is 0 Å². The maximum absolute atomic E-state index is 7.73. The summed E-state index contributed by atoms with van der Waals surface area (Å²) in [4.78, 5) is 3.73. The lowest BCUT2D eigenvalue weighted by Gasteiger charge is -2.26. The lowest BCUT2D eigenvalue weighted by atomic mass is 10.5. The maximum Gasteiger partial charge on any atom is 0.210 e. The molecule has 0 aliphatic heterocycles. The van der Waals surface area contributed by atoms with Crippen LogP contribution in [-0.4, -0.2) is 47.9 Å². The van der Waals surface area contributed by atoms with Gasteiger partial charge in [-0.15, -0.1) is 0 Å². The van der Waals surface area contributed by atoms with Crippen LogP contribution in [0.3, 0.4) is 0 Å². The highest BCUT2D eigenvalue weighted by Gasteiger charge is 2.07. The highest BCUT2D eigenvalue weighted by molar-refractivity contribution is 5.82. The first-order chi connectivity index (χ1) is 7.60. The fourth-order valence-corrected chi connectivity index (χ4v) is 1.36. The Labute approximate surface area is 98.0 Å². The third kappa shape index (κ3) is 4.37. The van der Waals surface area contributed by atoms with Gasteiger partial charge in [0.05, 0.1) is 0 Å². The molecular formula is C10H24N6. The summed E-state index contributed by atoms with van der Waals surface area (Å²) in [7, 11) is 0. The average Bonchev–Trinajstić information content (AvgIpc) is 2.29. The summed E-state index contributed by atoms with van der Waals surface area (Å²) >= 11 is 0. The molecule has 0 aromatic rings. The number of hydrogen-bond acceptors (Lipinski definition) is 2. The van der Waals surface area contributed by atoms with E-state index in [0.717, 1.165) is 26.2 Å². The number of rotatable bonds is 4. The second kappa shape index (κ2) is 7.78. The van der Waals surface area contributed by atoms with Gasteiger partial charge in [-0.1, -0.05) is 0 Å². The molecule has 0 saturated carbocycles. The molecular weight excluding hydrogens is 204 g/mol. The van der Waals surface area contributed by atoms with Gasteiger partial charge in [-0.2, -0.15) is 0 Å². The number of hydrogen-bond donors (Lipinski definition) is 4. The molecule has 0 aromatic heterocycles. The van der Waals surface area contributed by atoms with Crippen LogP contribution in [0.1, 0.15) is 27.7 Å². The van der Waals surface area contributed by atoms with Gasteiger partial charge in [0.15, 0.2) is 0 Å². The smallest absolute Gasteiger partial charge is 0.210 e. The molecule has 0 aromatic carbocycles. The summed E-state index contributed by atoms with van der Waals surface area (Å²) in [6.45, 7) is 11.1. The van der Waals surface area contributed by atoms with E-state index in [-0.39, 0.29) is 0 Å². The van der Waals surface area contributed by atoms with E-state index in [1.54, 1.807) is 0 Å². The molecule has 0 saturated heterocycles. The quantitative estimate of drug-likeness (QED) is 0.323. The van der Waals surface area contributed by atoms with Crippen LogP contribution in [0.25, 0.3) is 0 Å². The number of nitrogens with zero attached hydrogens (tertiary/aromatic N) is 2. The molecule has 0 aliphatic rings. The predicted molar refractivity (Wildman–Crippen MR) is 67.6 cm³/mol. The van der Waals surface area contributed by atoms with Gasteiger partial charge in [0, 0.05) is 26.2 Å². The van der Waals surface area contributed by atoms with Crippen molar-refractivity contribution >= 4 is 11.9 Å². The van der Waals surface area contributed by atoms with Crippen LogP contribution in [0.4, 0.5) is 0 Å². The minimum Gasteiger partial charge on any atom is -0.342 e. The Balaban J connectivity index is 4.04. The molecule has 6 nitrogen and oxygen atoms in total. The molecule has 0 heterocycles. The second-order valence-corrected chi connectivity index (χ2v) is 3.29. The van der Waals surface area contributed by atoms with E-state index >= 15 is 0 Å². The standard InChI is InChI=1S/C10H24N6/c1-5-15(6-2)9(11)13-14-10(12)16(7-3)8-4/h5-8H2,1-4H3,(H2,11,13)(H2,12,14). The van der Waals surface area contributed by atoms with Crippen LogP contribution in [0.5, 0.6) is 0 Å². The Morgan fingerprint density at radius 3 is 1.19 bits per heavy atom. The first-order valence-electron chi connectivity index (χ1n) is 5.79. The van der Waals surface area contributed by atoms with Crippen molar-refractivity contribution in [2.24, 2.45) is 0 Å². The SMILES string of the molecule is CCN(CC)C(=N)NNC(=N)N(CC)CC. The van der Waals surface area contributed by atoms with Crippen molar-refractivity contribution < 1.29 is 0 Å². The van der Waals surface area contributed by atoms with Gasteiger partial charge in [-0.05, 0) is 27.7 Å². The Hall–Kier alpha value is -1.46. The summed E-state index contributed by atoms with van der Waals surface area (Å²) in [5.41, 5.74) is 5.45. The Kier molecular flexibility index (Phi) is 7.07. The minimum atomic E-state index is 0.293. The molecule has 0 rings (SSSR count). The molecule has 0 radical (unpaired) electrons. The third-order valence-corrected chi connectivity index (χ3v) is 2.46. The zero-order chi connectivity index (χ0) is 12.6. The van der Waals surface area contributed by atoms with Gasteiger partial charge in [0.25, 0.3) is 0 Å². The van der Waals surface area contributed by atoms with Crippen LogP contribution >= 0.6 is 0 Å². The van der Waals surface area contributed by atoms with Crippen molar-refractivity contribution in [3.05, 3.63) is 0 Å². The van der Waals surface area contributed by atoms with Crippen LogP contribution in [-0.2, 0) is 0 Å². The monoisotopic (exact) mass is 228 g/mol.